The molecule has 0 aromatic heterocycles. The number of carbonyl (C=O) groups excluding carboxylic acids is 5. The van der Waals surface area contributed by atoms with Crippen LogP contribution in [0.5, 0.6) is 0 Å². The number of esters is 5. The van der Waals surface area contributed by atoms with Gasteiger partial charge in [-0.3, -0.25) is 24.0 Å². The van der Waals surface area contributed by atoms with Crippen LogP contribution in [0.3, 0.4) is 0 Å². The van der Waals surface area contributed by atoms with Crippen LogP contribution in [-0.4, -0.2) is 95.0 Å². The van der Waals surface area contributed by atoms with E-state index in [1.807, 2.05) is 0 Å². The molecule has 0 radical (unpaired) electrons. The number of rotatable bonds is 5. The molecule has 0 aromatic rings. The molecule has 0 amide bonds. The van der Waals surface area contributed by atoms with Gasteiger partial charge in [0.1, 0.15) is 30.0 Å². The Kier molecular flexibility index (Phi) is 8.11. The molecule has 4 rings (SSSR count). The maximum absolute atomic E-state index is 12.9. The standard InChI is InChI=1S/C28H36O13/c1-13-25(34)41-21-9-18(11-29)7-8-20(38-15(3)31)26(6)22(24(28(13,21)35)40-17(5)33)27(12-36-27)10-19(37-14(2)30)23(26)39-16(4)32/h7-9,13,19-24,29,35H,10-12H2,1-6H3/b8-7-,18-9+/t13-,19-,20+,21-,22+,23-,24+,26+,27-,28-/m0/s1. The number of aliphatic hydroxyl groups is 2. The molecule has 10 atom stereocenters. The highest BCUT2D eigenvalue weighted by Crippen LogP contribution is 2.62. The van der Waals surface area contributed by atoms with Crippen LogP contribution in [0.15, 0.2) is 23.8 Å². The fraction of sp³-hybridized carbons (Fsp3) is 0.679. The van der Waals surface area contributed by atoms with Gasteiger partial charge in [-0.1, -0.05) is 13.0 Å². The predicted molar refractivity (Wildman–Crippen MR) is 135 cm³/mol. The Morgan fingerprint density at radius 3 is 2.05 bits per heavy atom. The second-order valence-electron chi connectivity index (χ2n) is 11.4. The summed E-state index contributed by atoms with van der Waals surface area (Å²) in [6, 6.07) is 0. The minimum absolute atomic E-state index is 0.0271. The molecule has 1 spiro atoms. The minimum Gasteiger partial charge on any atom is -0.459 e. The van der Waals surface area contributed by atoms with Crippen LogP contribution in [-0.2, 0) is 52.4 Å². The van der Waals surface area contributed by atoms with E-state index in [4.69, 9.17) is 28.4 Å². The first kappa shape index (κ1) is 30.7. The Morgan fingerprint density at radius 2 is 1.54 bits per heavy atom. The van der Waals surface area contributed by atoms with E-state index < -0.39 is 95.4 Å². The highest BCUT2D eigenvalue weighted by Gasteiger charge is 2.76. The van der Waals surface area contributed by atoms with Crippen molar-refractivity contribution in [2.45, 2.75) is 89.7 Å². The monoisotopic (exact) mass is 580 g/mol. The van der Waals surface area contributed by atoms with Crippen LogP contribution in [0.4, 0.5) is 0 Å². The van der Waals surface area contributed by atoms with Crippen molar-refractivity contribution in [1.29, 1.82) is 0 Å². The van der Waals surface area contributed by atoms with E-state index in [0.29, 0.717) is 0 Å². The van der Waals surface area contributed by atoms with Crippen molar-refractivity contribution in [1.82, 2.24) is 0 Å². The molecule has 2 aliphatic heterocycles. The van der Waals surface area contributed by atoms with Gasteiger partial charge in [0.25, 0.3) is 0 Å². The lowest BCUT2D eigenvalue weighted by atomic mass is 9.52. The number of aliphatic hydroxyl groups excluding tert-OH is 1. The van der Waals surface area contributed by atoms with Crippen LogP contribution in [0.25, 0.3) is 0 Å². The van der Waals surface area contributed by atoms with Crippen molar-refractivity contribution in [2.75, 3.05) is 13.2 Å². The molecule has 4 aliphatic rings. The van der Waals surface area contributed by atoms with Crippen LogP contribution >= 0.6 is 0 Å². The van der Waals surface area contributed by atoms with Crippen LogP contribution < -0.4 is 0 Å². The first-order chi connectivity index (χ1) is 19.1. The maximum atomic E-state index is 12.9. The molecule has 0 unspecified atom stereocenters. The van der Waals surface area contributed by atoms with E-state index in [1.165, 1.54) is 39.0 Å². The summed E-state index contributed by atoms with van der Waals surface area (Å²) in [5.74, 6) is -6.07. The molecule has 226 valence electrons. The SMILES string of the molecule is CC(=O)O[C@H]1C[C@]2(CO2)[C@@H]2[C@@H](OC(C)=O)[C@@]3(O)[C@H](/C=C(CO)\C=C/[C@@H](OC(C)=O)[C@@]2(C)[C@H]1OC(C)=O)OC(=O)[C@@H]3C. The Hall–Kier alpha value is -3.29. The summed E-state index contributed by atoms with van der Waals surface area (Å²) in [6.07, 6.45) is -2.40. The molecule has 2 aliphatic carbocycles. The zero-order valence-electron chi connectivity index (χ0n) is 23.8. The summed E-state index contributed by atoms with van der Waals surface area (Å²) in [5, 5.41) is 22.5. The fourth-order valence-corrected chi connectivity index (χ4v) is 6.81. The van der Waals surface area contributed by atoms with Gasteiger partial charge in [-0.25, -0.2) is 0 Å². The van der Waals surface area contributed by atoms with Gasteiger partial charge >= 0.3 is 29.8 Å². The van der Waals surface area contributed by atoms with E-state index in [9.17, 15) is 34.2 Å². The molecular weight excluding hydrogens is 544 g/mol. The molecule has 13 heteroatoms. The Morgan fingerprint density at radius 1 is 0.976 bits per heavy atom. The van der Waals surface area contributed by atoms with Gasteiger partial charge < -0.3 is 38.6 Å². The lowest BCUT2D eigenvalue weighted by molar-refractivity contribution is -0.255. The normalized spacial score (nSPS) is 43.3. The molecule has 0 bridgehead atoms. The zero-order valence-corrected chi connectivity index (χ0v) is 23.8. The van der Waals surface area contributed by atoms with Crippen molar-refractivity contribution in [3.8, 4) is 0 Å². The summed E-state index contributed by atoms with van der Waals surface area (Å²) in [4.78, 5) is 62.7. The minimum atomic E-state index is -2.21. The van der Waals surface area contributed by atoms with E-state index in [2.05, 4.69) is 0 Å². The fourth-order valence-electron chi connectivity index (χ4n) is 6.81. The third kappa shape index (κ3) is 5.26. The summed E-state index contributed by atoms with van der Waals surface area (Å²) in [6.45, 7) is 7.15. The molecule has 0 aromatic carbocycles. The number of epoxide rings is 1. The summed E-state index contributed by atoms with van der Waals surface area (Å²) in [5.41, 5.74) is -4.88. The topological polar surface area (TPSA) is 184 Å². The lowest BCUT2D eigenvalue weighted by Crippen LogP contribution is -2.71. The molecule has 13 nitrogen and oxygen atoms in total. The van der Waals surface area contributed by atoms with Crippen LogP contribution in [0.1, 0.15) is 48.0 Å². The molecular formula is C28H36O13. The van der Waals surface area contributed by atoms with E-state index in [-0.39, 0.29) is 18.6 Å². The number of hydrogen-bond donors (Lipinski definition) is 2. The van der Waals surface area contributed by atoms with Gasteiger partial charge in [0.05, 0.1) is 24.5 Å². The van der Waals surface area contributed by atoms with Gasteiger partial charge in [-0.2, -0.15) is 0 Å². The third-order valence-corrected chi connectivity index (χ3v) is 8.60. The average molecular weight is 581 g/mol. The van der Waals surface area contributed by atoms with Crippen molar-refractivity contribution in [2.24, 2.45) is 17.3 Å². The van der Waals surface area contributed by atoms with Crippen LogP contribution in [0, 0.1) is 17.3 Å². The van der Waals surface area contributed by atoms with E-state index >= 15 is 0 Å². The van der Waals surface area contributed by atoms with Gasteiger partial charge in [0, 0.05) is 40.0 Å². The molecule has 2 saturated heterocycles. The lowest BCUT2D eigenvalue weighted by Gasteiger charge is -2.57. The molecule has 1 saturated carbocycles. The summed E-state index contributed by atoms with van der Waals surface area (Å²) >= 11 is 0. The quantitative estimate of drug-likeness (QED) is 0.257. The highest BCUT2D eigenvalue weighted by molar-refractivity contribution is 5.78. The number of fused-ring (bicyclic) bond motifs is 3. The van der Waals surface area contributed by atoms with E-state index in [0.717, 1.165) is 13.8 Å². The van der Waals surface area contributed by atoms with Crippen molar-refractivity contribution < 1.29 is 62.6 Å². The Bertz CT molecular complexity index is 1190. The third-order valence-electron chi connectivity index (χ3n) is 8.60. The van der Waals surface area contributed by atoms with Gasteiger partial charge in [-0.05, 0) is 24.6 Å². The highest BCUT2D eigenvalue weighted by atomic mass is 16.6. The molecule has 2 heterocycles. The zero-order chi connectivity index (χ0) is 30.5. The summed E-state index contributed by atoms with van der Waals surface area (Å²) < 4.78 is 34.6. The summed E-state index contributed by atoms with van der Waals surface area (Å²) in [7, 11) is 0. The largest absolute Gasteiger partial charge is 0.459 e. The second-order valence-corrected chi connectivity index (χ2v) is 11.4. The second kappa shape index (κ2) is 10.8. The Labute approximate surface area is 236 Å². The van der Waals surface area contributed by atoms with Gasteiger partial charge in [-0.15, -0.1) is 0 Å². The number of carbonyl (C=O) groups is 5. The molecule has 41 heavy (non-hydrogen) atoms. The first-order valence-electron chi connectivity index (χ1n) is 13.4. The molecule has 3 fully saturated rings. The predicted octanol–water partition coefficient (Wildman–Crippen LogP) is 0.290. The van der Waals surface area contributed by atoms with Crippen molar-refractivity contribution in [3.63, 3.8) is 0 Å². The van der Waals surface area contributed by atoms with Gasteiger partial charge in [0.15, 0.2) is 11.7 Å². The van der Waals surface area contributed by atoms with Crippen LogP contribution in [0.2, 0.25) is 0 Å². The van der Waals surface area contributed by atoms with Crippen molar-refractivity contribution >= 4 is 29.8 Å². The molecule has 2 N–H and O–H groups in total. The first-order valence-corrected chi connectivity index (χ1v) is 13.4. The van der Waals surface area contributed by atoms with Gasteiger partial charge in [0.2, 0.25) is 0 Å². The van der Waals surface area contributed by atoms with E-state index in [1.54, 1.807) is 6.92 Å². The average Bonchev–Trinajstić information content (AvgIpc) is 3.58. The maximum Gasteiger partial charge on any atom is 0.312 e. The Balaban J connectivity index is 2.09. The number of ether oxygens (including phenoxy) is 6. The smallest absolute Gasteiger partial charge is 0.312 e. The van der Waals surface area contributed by atoms with Crippen molar-refractivity contribution in [3.05, 3.63) is 23.8 Å². The number of hydrogen-bond acceptors (Lipinski definition) is 13.